The molecule has 8 aromatic rings. The molecule has 4 nitrogen and oxygen atoms in total. The fourth-order valence-electron chi connectivity index (χ4n) is 6.72. The molecule has 2 aromatic heterocycles. The summed E-state index contributed by atoms with van der Waals surface area (Å²) in [4.78, 5) is 14.9. The Kier molecular flexibility index (Phi) is 4.12. The molecule has 0 atom stereocenters. The van der Waals surface area contributed by atoms with Crippen molar-refractivity contribution in [2.24, 2.45) is 0 Å². The molecule has 0 spiro atoms. The van der Waals surface area contributed by atoms with Crippen LogP contribution < -0.4 is 0 Å². The van der Waals surface area contributed by atoms with Gasteiger partial charge in [0.1, 0.15) is 0 Å². The molecule has 9 rings (SSSR count). The number of fused-ring (bicyclic) bond motifs is 6. The number of hydrogen-bond donors (Lipinski definition) is 0. The van der Waals surface area contributed by atoms with Crippen LogP contribution in [0.5, 0.6) is 0 Å². The molecule has 4 heteroatoms. The molecule has 0 aliphatic heterocycles. The quantitative estimate of drug-likeness (QED) is 0.202. The van der Waals surface area contributed by atoms with Crippen molar-refractivity contribution in [2.75, 3.05) is 0 Å². The highest BCUT2D eigenvalue weighted by atomic mass is 15.2. The molecule has 1 aliphatic rings. The summed E-state index contributed by atoms with van der Waals surface area (Å²) in [7, 11) is 0. The first kappa shape index (κ1) is 18.8. The zero-order chi connectivity index (χ0) is 38.7. The van der Waals surface area contributed by atoms with Gasteiger partial charge in [0.2, 0.25) is 5.95 Å². The minimum absolute atomic E-state index is 0.0718. The monoisotopic (exact) mass is 599 g/mol. The average Bonchev–Trinajstić information content (AvgIpc) is 3.67. The second-order valence-electron chi connectivity index (χ2n) is 11.8. The molecule has 2 heterocycles. The standard InChI is InChI=1S/C42H30N4/c1-42(2)34-21-11-9-18-31(34)32-25-24-29(26-35(32)42)40-43-39(28-16-7-4-8-17-28)44-41(45-40)46-36-22-12-10-19-33(36)38-30(20-13-23-37(38)46)27-14-5-3-6-15-27/h3-26H,1-2H3/i3D,5D,6D,10D,12D,14D,15D,19D,22D. The first-order valence-electron chi connectivity index (χ1n) is 19.5. The van der Waals surface area contributed by atoms with Crippen LogP contribution in [0.1, 0.15) is 37.3 Å². The second-order valence-corrected chi connectivity index (χ2v) is 11.8. The van der Waals surface area contributed by atoms with Gasteiger partial charge in [-0.25, -0.2) is 4.98 Å². The fourth-order valence-corrected chi connectivity index (χ4v) is 6.72. The van der Waals surface area contributed by atoms with Gasteiger partial charge >= 0.3 is 0 Å². The molecule has 0 saturated carbocycles. The Bertz CT molecular complexity index is 2930. The zero-order valence-corrected chi connectivity index (χ0v) is 24.9. The SMILES string of the molecule is [2H]c1c([2H])c([2H])c(-c2cccc3c2c2c([2H])c([2H])c([2H])c([2H])c2n3-c2nc(-c3ccccc3)nc(-c3ccc4c(c3)C(C)(C)c3ccccc3-4)n2)c([2H])c1[2H]. The molecule has 6 aromatic carbocycles. The van der Waals surface area contributed by atoms with Crippen molar-refractivity contribution in [3.05, 3.63) is 157 Å². The van der Waals surface area contributed by atoms with Crippen LogP contribution in [0.25, 0.3) is 72.8 Å². The van der Waals surface area contributed by atoms with E-state index in [1.54, 1.807) is 22.8 Å². The summed E-state index contributed by atoms with van der Waals surface area (Å²) in [5.41, 5.74) is 6.30. The van der Waals surface area contributed by atoms with E-state index >= 15 is 0 Å². The largest absolute Gasteiger partial charge is 0.278 e. The van der Waals surface area contributed by atoms with E-state index in [1.165, 1.54) is 11.1 Å². The van der Waals surface area contributed by atoms with Gasteiger partial charge in [-0.3, -0.25) is 4.57 Å². The molecular weight excluding hydrogens is 560 g/mol. The number of rotatable bonds is 4. The molecule has 0 N–H and O–H groups in total. The van der Waals surface area contributed by atoms with E-state index in [4.69, 9.17) is 25.9 Å². The molecule has 0 unspecified atom stereocenters. The Morgan fingerprint density at radius 3 is 2.09 bits per heavy atom. The Morgan fingerprint density at radius 1 is 0.543 bits per heavy atom. The van der Waals surface area contributed by atoms with Crippen LogP contribution >= 0.6 is 0 Å². The predicted molar refractivity (Wildman–Crippen MR) is 188 cm³/mol. The van der Waals surface area contributed by atoms with Crippen LogP contribution in [-0.2, 0) is 5.41 Å². The van der Waals surface area contributed by atoms with Crippen LogP contribution in [0, 0.1) is 0 Å². The third-order valence-corrected chi connectivity index (χ3v) is 8.89. The maximum absolute atomic E-state index is 9.19. The van der Waals surface area contributed by atoms with Crippen LogP contribution in [-0.4, -0.2) is 19.5 Å². The lowest BCUT2D eigenvalue weighted by molar-refractivity contribution is 0.660. The first-order valence-corrected chi connectivity index (χ1v) is 15.0. The lowest BCUT2D eigenvalue weighted by Crippen LogP contribution is -2.15. The summed E-state index contributed by atoms with van der Waals surface area (Å²) in [6.45, 7) is 4.38. The number of aromatic nitrogens is 4. The third-order valence-electron chi connectivity index (χ3n) is 8.89. The van der Waals surface area contributed by atoms with Crippen molar-refractivity contribution in [1.29, 1.82) is 0 Å². The van der Waals surface area contributed by atoms with E-state index in [1.807, 2.05) is 48.5 Å². The number of nitrogens with zero attached hydrogens (tertiary/aromatic N) is 4. The summed E-state index contributed by atoms with van der Waals surface area (Å²) < 4.78 is 79.8. The summed E-state index contributed by atoms with van der Waals surface area (Å²) in [5, 5.41) is 0.368. The van der Waals surface area contributed by atoms with Gasteiger partial charge < -0.3 is 0 Å². The molecule has 0 fully saturated rings. The first-order chi connectivity index (χ1) is 26.3. The van der Waals surface area contributed by atoms with Crippen molar-refractivity contribution < 1.29 is 12.3 Å². The minimum Gasteiger partial charge on any atom is -0.278 e. The van der Waals surface area contributed by atoms with Gasteiger partial charge in [0.25, 0.3) is 0 Å². The second kappa shape index (κ2) is 10.1. The van der Waals surface area contributed by atoms with Gasteiger partial charge in [0, 0.05) is 27.3 Å². The topological polar surface area (TPSA) is 43.6 Å². The highest BCUT2D eigenvalue weighted by Crippen LogP contribution is 2.49. The highest BCUT2D eigenvalue weighted by molar-refractivity contribution is 6.15. The molecule has 0 bridgehead atoms. The van der Waals surface area contributed by atoms with Gasteiger partial charge in [-0.15, -0.1) is 0 Å². The molecule has 46 heavy (non-hydrogen) atoms. The van der Waals surface area contributed by atoms with E-state index in [2.05, 4.69) is 38.1 Å². The molecular formula is C42H30N4. The van der Waals surface area contributed by atoms with Gasteiger partial charge in [0.15, 0.2) is 11.6 Å². The Hall–Kier alpha value is -5.87. The third kappa shape index (κ3) is 3.97. The van der Waals surface area contributed by atoms with Crippen LogP contribution in [0.3, 0.4) is 0 Å². The van der Waals surface area contributed by atoms with E-state index in [9.17, 15) is 1.37 Å². The van der Waals surface area contributed by atoms with Crippen molar-refractivity contribution in [3.63, 3.8) is 0 Å². The number of benzene rings is 6. The zero-order valence-electron chi connectivity index (χ0n) is 33.9. The fraction of sp³-hybridized carbons (Fsp3) is 0.0714. The molecule has 0 saturated heterocycles. The Morgan fingerprint density at radius 2 is 1.24 bits per heavy atom. The molecule has 1 aliphatic carbocycles. The smallest absolute Gasteiger partial charge is 0.238 e. The lowest BCUT2D eigenvalue weighted by atomic mass is 9.82. The summed E-state index contributed by atoms with van der Waals surface area (Å²) in [5.74, 6) is 0.757. The highest BCUT2D eigenvalue weighted by Gasteiger charge is 2.35. The average molecular weight is 600 g/mol. The van der Waals surface area contributed by atoms with E-state index < -0.39 is 42.3 Å². The van der Waals surface area contributed by atoms with Crippen molar-refractivity contribution in [1.82, 2.24) is 19.5 Å². The van der Waals surface area contributed by atoms with Crippen LogP contribution in [0.15, 0.2) is 145 Å². The summed E-state index contributed by atoms with van der Waals surface area (Å²) in [6.07, 6.45) is 0. The normalized spacial score (nSPS) is 15.9. The van der Waals surface area contributed by atoms with Crippen molar-refractivity contribution >= 4 is 21.8 Å². The van der Waals surface area contributed by atoms with Gasteiger partial charge in [0.05, 0.1) is 23.4 Å². The van der Waals surface area contributed by atoms with Crippen molar-refractivity contribution in [2.45, 2.75) is 19.3 Å². The maximum Gasteiger partial charge on any atom is 0.238 e. The van der Waals surface area contributed by atoms with E-state index in [0.717, 1.165) is 16.7 Å². The lowest BCUT2D eigenvalue weighted by Gasteiger charge is -2.21. The van der Waals surface area contributed by atoms with Crippen LogP contribution in [0.4, 0.5) is 0 Å². The Labute approximate surface area is 280 Å². The number of para-hydroxylation sites is 1. The van der Waals surface area contributed by atoms with E-state index in [0.29, 0.717) is 22.7 Å². The van der Waals surface area contributed by atoms with Gasteiger partial charge in [-0.1, -0.05) is 141 Å². The van der Waals surface area contributed by atoms with Gasteiger partial charge in [-0.2, -0.15) is 9.97 Å². The summed E-state index contributed by atoms with van der Waals surface area (Å²) in [6, 6.07) is 24.7. The summed E-state index contributed by atoms with van der Waals surface area (Å²) >= 11 is 0. The van der Waals surface area contributed by atoms with Gasteiger partial charge in [-0.05, 0) is 51.6 Å². The Balaban J connectivity index is 1.39. The molecule has 0 radical (unpaired) electrons. The van der Waals surface area contributed by atoms with Crippen LogP contribution in [0.2, 0.25) is 0 Å². The van der Waals surface area contributed by atoms with Crippen molar-refractivity contribution in [3.8, 4) is 51.0 Å². The van der Waals surface area contributed by atoms with E-state index in [-0.39, 0.29) is 50.9 Å². The predicted octanol–water partition coefficient (Wildman–Crippen LogP) is 10.3. The minimum atomic E-state index is -0.541. The number of hydrogen-bond acceptors (Lipinski definition) is 3. The maximum atomic E-state index is 9.19. The molecule has 0 amide bonds. The molecule has 218 valence electrons.